The Kier molecular flexibility index (Phi) is 5.33. The number of nitrogens with one attached hydrogen (secondary N) is 1. The van der Waals surface area contributed by atoms with Crippen LogP contribution in [0.15, 0.2) is 17.5 Å². The van der Waals surface area contributed by atoms with E-state index in [9.17, 15) is 4.79 Å². The quantitative estimate of drug-likeness (QED) is 0.927. The van der Waals surface area contributed by atoms with Gasteiger partial charge in [-0.3, -0.25) is 4.90 Å². The Morgan fingerprint density at radius 1 is 1.41 bits per heavy atom. The average Bonchev–Trinajstić information content (AvgIpc) is 3.07. The number of likely N-dealkylation sites (tertiary alicyclic amines) is 1. The van der Waals surface area contributed by atoms with Crippen LogP contribution in [-0.4, -0.2) is 62.3 Å². The van der Waals surface area contributed by atoms with E-state index in [1.54, 1.807) is 0 Å². The minimum atomic E-state index is 0.0569. The summed E-state index contributed by atoms with van der Waals surface area (Å²) in [6.07, 6.45) is 2.38. The topological polar surface area (TPSA) is 44.8 Å². The van der Waals surface area contributed by atoms with Crippen molar-refractivity contribution in [3.05, 3.63) is 22.4 Å². The van der Waals surface area contributed by atoms with Crippen molar-refractivity contribution < 1.29 is 9.53 Å². The van der Waals surface area contributed by atoms with Gasteiger partial charge in [-0.1, -0.05) is 6.07 Å². The first-order chi connectivity index (χ1) is 10.8. The number of thiophene rings is 1. The van der Waals surface area contributed by atoms with Gasteiger partial charge in [-0.15, -0.1) is 11.3 Å². The lowest BCUT2D eigenvalue weighted by molar-refractivity contribution is 0.0519. The SMILES string of the molecule is CN1CCC[C@@H](CNC(=O)N2CCOCC2)[C@@H]1c1cccs1. The Morgan fingerprint density at radius 3 is 2.95 bits per heavy atom. The highest BCUT2D eigenvalue weighted by Crippen LogP contribution is 2.36. The zero-order valence-electron chi connectivity index (χ0n) is 13.2. The molecule has 2 aliphatic rings. The summed E-state index contributed by atoms with van der Waals surface area (Å²) in [6, 6.07) is 4.82. The minimum Gasteiger partial charge on any atom is -0.378 e. The summed E-state index contributed by atoms with van der Waals surface area (Å²) in [4.78, 5) is 18.0. The van der Waals surface area contributed by atoms with Crippen LogP contribution < -0.4 is 5.32 Å². The zero-order chi connectivity index (χ0) is 15.4. The molecule has 2 fully saturated rings. The number of urea groups is 1. The number of carbonyl (C=O) groups excluding carboxylic acids is 1. The second-order valence-corrected chi connectivity index (χ2v) is 7.11. The molecule has 2 saturated heterocycles. The molecule has 1 aromatic rings. The standard InChI is InChI=1S/C16H25N3O2S/c1-18-6-2-4-13(15(18)14-5-3-11-22-14)12-17-16(20)19-7-9-21-10-8-19/h3,5,11,13,15H,2,4,6-10,12H2,1H3,(H,17,20)/t13-,15+/m0/s1. The molecule has 3 heterocycles. The number of hydrogen-bond donors (Lipinski definition) is 1. The maximum Gasteiger partial charge on any atom is 0.317 e. The molecule has 3 rings (SSSR count). The van der Waals surface area contributed by atoms with E-state index in [-0.39, 0.29) is 6.03 Å². The highest BCUT2D eigenvalue weighted by Gasteiger charge is 2.31. The first kappa shape index (κ1) is 15.8. The molecule has 0 radical (unpaired) electrons. The van der Waals surface area contributed by atoms with Crippen LogP contribution in [0.3, 0.4) is 0 Å². The maximum absolute atomic E-state index is 12.3. The molecule has 0 saturated carbocycles. The molecule has 0 aromatic carbocycles. The maximum atomic E-state index is 12.3. The Labute approximate surface area is 136 Å². The van der Waals surface area contributed by atoms with Crippen LogP contribution in [0, 0.1) is 5.92 Å². The normalized spacial score (nSPS) is 26.9. The van der Waals surface area contributed by atoms with Gasteiger partial charge in [-0.05, 0) is 43.8 Å². The van der Waals surface area contributed by atoms with Gasteiger partial charge in [-0.2, -0.15) is 0 Å². The second-order valence-electron chi connectivity index (χ2n) is 6.13. The number of amides is 2. The van der Waals surface area contributed by atoms with Crippen molar-refractivity contribution in [1.82, 2.24) is 15.1 Å². The van der Waals surface area contributed by atoms with E-state index >= 15 is 0 Å². The van der Waals surface area contributed by atoms with Gasteiger partial charge in [0, 0.05) is 30.6 Å². The lowest BCUT2D eigenvalue weighted by atomic mass is 9.88. The first-order valence-electron chi connectivity index (χ1n) is 8.10. The molecule has 0 bridgehead atoms. The van der Waals surface area contributed by atoms with E-state index in [1.807, 2.05) is 16.2 Å². The van der Waals surface area contributed by atoms with Gasteiger partial charge in [0.05, 0.1) is 13.2 Å². The number of piperidine rings is 1. The third kappa shape index (κ3) is 3.62. The molecule has 2 aliphatic heterocycles. The molecule has 0 spiro atoms. The molecule has 0 unspecified atom stereocenters. The Bertz CT molecular complexity index is 474. The van der Waals surface area contributed by atoms with E-state index in [4.69, 9.17) is 4.74 Å². The fourth-order valence-corrected chi connectivity index (χ4v) is 4.46. The van der Waals surface area contributed by atoms with Crippen LogP contribution in [0.25, 0.3) is 0 Å². The number of rotatable bonds is 3. The van der Waals surface area contributed by atoms with Crippen LogP contribution in [0.2, 0.25) is 0 Å². The summed E-state index contributed by atoms with van der Waals surface area (Å²) in [5.41, 5.74) is 0. The van der Waals surface area contributed by atoms with E-state index in [0.29, 0.717) is 38.3 Å². The van der Waals surface area contributed by atoms with Crippen molar-refractivity contribution in [3.8, 4) is 0 Å². The van der Waals surface area contributed by atoms with Crippen LogP contribution in [0.1, 0.15) is 23.8 Å². The third-order valence-corrected chi connectivity index (χ3v) is 5.60. The van der Waals surface area contributed by atoms with Gasteiger partial charge in [0.1, 0.15) is 0 Å². The summed E-state index contributed by atoms with van der Waals surface area (Å²) in [5.74, 6) is 0.488. The molecule has 0 aliphatic carbocycles. The lowest BCUT2D eigenvalue weighted by Crippen LogP contribution is -2.49. The molecule has 5 nitrogen and oxygen atoms in total. The minimum absolute atomic E-state index is 0.0569. The largest absolute Gasteiger partial charge is 0.378 e. The van der Waals surface area contributed by atoms with E-state index < -0.39 is 0 Å². The molecule has 22 heavy (non-hydrogen) atoms. The van der Waals surface area contributed by atoms with Crippen LogP contribution >= 0.6 is 11.3 Å². The lowest BCUT2D eigenvalue weighted by Gasteiger charge is -2.39. The van der Waals surface area contributed by atoms with Crippen molar-refractivity contribution in [2.24, 2.45) is 5.92 Å². The van der Waals surface area contributed by atoms with E-state index in [2.05, 4.69) is 34.8 Å². The second kappa shape index (κ2) is 7.44. The predicted molar refractivity (Wildman–Crippen MR) is 88.2 cm³/mol. The molecular formula is C16H25N3O2S. The highest BCUT2D eigenvalue weighted by atomic mass is 32.1. The fraction of sp³-hybridized carbons (Fsp3) is 0.688. The third-order valence-electron chi connectivity index (χ3n) is 4.66. The van der Waals surface area contributed by atoms with Gasteiger partial charge in [0.25, 0.3) is 0 Å². The molecule has 1 N–H and O–H groups in total. The Hall–Kier alpha value is -1.11. The number of hydrogen-bond acceptors (Lipinski definition) is 4. The van der Waals surface area contributed by atoms with E-state index in [0.717, 1.165) is 13.1 Å². The number of ether oxygens (including phenoxy) is 1. The molecule has 122 valence electrons. The smallest absolute Gasteiger partial charge is 0.317 e. The average molecular weight is 323 g/mol. The fourth-order valence-electron chi connectivity index (χ4n) is 3.48. The monoisotopic (exact) mass is 323 g/mol. The van der Waals surface area contributed by atoms with Crippen LogP contribution in [0.5, 0.6) is 0 Å². The highest BCUT2D eigenvalue weighted by molar-refractivity contribution is 7.10. The number of morpholine rings is 1. The summed E-state index contributed by atoms with van der Waals surface area (Å²) in [6.45, 7) is 4.59. The molecular weight excluding hydrogens is 298 g/mol. The van der Waals surface area contributed by atoms with Crippen molar-refractivity contribution in [2.45, 2.75) is 18.9 Å². The first-order valence-corrected chi connectivity index (χ1v) is 8.98. The zero-order valence-corrected chi connectivity index (χ0v) is 14.0. The Morgan fingerprint density at radius 2 is 2.23 bits per heavy atom. The molecule has 1 aromatic heterocycles. The van der Waals surface area contributed by atoms with Gasteiger partial charge in [0.15, 0.2) is 0 Å². The molecule has 6 heteroatoms. The summed E-state index contributed by atoms with van der Waals surface area (Å²) >= 11 is 1.82. The Balaban J connectivity index is 1.58. The van der Waals surface area contributed by atoms with Gasteiger partial charge in [0.2, 0.25) is 0 Å². The van der Waals surface area contributed by atoms with Crippen molar-refractivity contribution in [2.75, 3.05) is 46.4 Å². The molecule has 2 amide bonds. The number of carbonyl (C=O) groups is 1. The number of nitrogens with zero attached hydrogens (tertiary/aromatic N) is 2. The van der Waals surface area contributed by atoms with Crippen molar-refractivity contribution in [1.29, 1.82) is 0 Å². The predicted octanol–water partition coefficient (Wildman–Crippen LogP) is 2.17. The summed E-state index contributed by atoms with van der Waals surface area (Å²) in [5, 5.41) is 5.28. The van der Waals surface area contributed by atoms with Crippen molar-refractivity contribution >= 4 is 17.4 Å². The summed E-state index contributed by atoms with van der Waals surface area (Å²) in [7, 11) is 2.19. The summed E-state index contributed by atoms with van der Waals surface area (Å²) < 4.78 is 5.30. The van der Waals surface area contributed by atoms with Crippen molar-refractivity contribution in [3.63, 3.8) is 0 Å². The van der Waals surface area contributed by atoms with E-state index in [1.165, 1.54) is 17.7 Å². The van der Waals surface area contributed by atoms with Gasteiger partial charge >= 0.3 is 6.03 Å². The van der Waals surface area contributed by atoms with Gasteiger partial charge in [-0.25, -0.2) is 4.79 Å². The van der Waals surface area contributed by atoms with Crippen LogP contribution in [0.4, 0.5) is 4.79 Å². The molecule has 2 atom stereocenters. The van der Waals surface area contributed by atoms with Crippen LogP contribution in [-0.2, 0) is 4.74 Å². The van der Waals surface area contributed by atoms with Gasteiger partial charge < -0.3 is 15.0 Å².